The van der Waals surface area contributed by atoms with Crippen LogP contribution in [0.4, 0.5) is 10.1 Å². The van der Waals surface area contributed by atoms with Crippen molar-refractivity contribution < 1.29 is 12.8 Å². The highest BCUT2D eigenvalue weighted by Crippen LogP contribution is 2.16. The molecule has 0 aliphatic carbocycles. The highest BCUT2D eigenvalue weighted by Gasteiger charge is 2.11. The minimum atomic E-state index is -3.17. The van der Waals surface area contributed by atoms with Gasteiger partial charge in [-0.2, -0.15) is 0 Å². The van der Waals surface area contributed by atoms with Crippen LogP contribution in [0.1, 0.15) is 13.8 Å². The third-order valence-corrected chi connectivity index (χ3v) is 3.23. The zero-order valence-corrected chi connectivity index (χ0v) is 11.7. The van der Waals surface area contributed by atoms with Crippen LogP contribution in [0, 0.1) is 5.82 Å². The maximum absolute atomic E-state index is 12.8. The lowest BCUT2D eigenvalue weighted by atomic mass is 10.2. The van der Waals surface area contributed by atoms with Crippen molar-refractivity contribution in [2.24, 2.45) is 0 Å². The first-order chi connectivity index (χ1) is 8.29. The summed E-state index contributed by atoms with van der Waals surface area (Å²) in [5, 5.41) is 0. The SMILES string of the molecule is CC(C)N(CCNS(C)(=O)=O)c1ccc(F)cc1. The van der Waals surface area contributed by atoms with Crippen molar-refractivity contribution in [3.8, 4) is 0 Å². The van der Waals surface area contributed by atoms with Crippen LogP contribution in [0.3, 0.4) is 0 Å². The molecule has 0 bridgehead atoms. The summed E-state index contributed by atoms with van der Waals surface area (Å²) >= 11 is 0. The van der Waals surface area contributed by atoms with Crippen molar-refractivity contribution in [2.75, 3.05) is 24.2 Å². The van der Waals surface area contributed by atoms with Gasteiger partial charge in [0.15, 0.2) is 0 Å². The van der Waals surface area contributed by atoms with E-state index in [9.17, 15) is 12.8 Å². The van der Waals surface area contributed by atoms with E-state index < -0.39 is 10.0 Å². The van der Waals surface area contributed by atoms with E-state index in [1.165, 1.54) is 12.1 Å². The van der Waals surface area contributed by atoms with E-state index in [1.54, 1.807) is 12.1 Å². The van der Waals surface area contributed by atoms with Crippen LogP contribution in [0.2, 0.25) is 0 Å². The molecule has 102 valence electrons. The zero-order valence-electron chi connectivity index (χ0n) is 10.9. The first-order valence-corrected chi connectivity index (χ1v) is 7.65. The minimum Gasteiger partial charge on any atom is -0.368 e. The number of benzene rings is 1. The van der Waals surface area contributed by atoms with Crippen molar-refractivity contribution in [1.82, 2.24) is 4.72 Å². The van der Waals surface area contributed by atoms with Crippen LogP contribution in [-0.4, -0.2) is 33.8 Å². The number of hydrogen-bond acceptors (Lipinski definition) is 3. The standard InChI is InChI=1S/C12H19FN2O2S/c1-10(2)15(9-8-14-18(3,16)17)12-6-4-11(13)5-7-12/h4-7,10,14H,8-9H2,1-3H3. The Bertz CT molecular complexity index is 471. The van der Waals surface area contributed by atoms with E-state index >= 15 is 0 Å². The third-order valence-electron chi connectivity index (χ3n) is 2.50. The smallest absolute Gasteiger partial charge is 0.208 e. The quantitative estimate of drug-likeness (QED) is 0.857. The van der Waals surface area contributed by atoms with Crippen LogP contribution in [0.15, 0.2) is 24.3 Å². The normalized spacial score (nSPS) is 11.8. The van der Waals surface area contributed by atoms with Crippen molar-refractivity contribution in [1.29, 1.82) is 0 Å². The number of anilines is 1. The summed E-state index contributed by atoms with van der Waals surface area (Å²) in [5.41, 5.74) is 0.877. The van der Waals surface area contributed by atoms with Gasteiger partial charge in [-0.25, -0.2) is 17.5 Å². The number of sulfonamides is 1. The minimum absolute atomic E-state index is 0.205. The van der Waals surface area contributed by atoms with Crippen LogP contribution < -0.4 is 9.62 Å². The Labute approximate surface area is 108 Å². The van der Waals surface area contributed by atoms with Gasteiger partial charge in [0.05, 0.1) is 6.26 Å². The Balaban J connectivity index is 2.69. The van der Waals surface area contributed by atoms with Gasteiger partial charge < -0.3 is 4.90 Å². The average Bonchev–Trinajstić information content (AvgIpc) is 2.24. The Morgan fingerprint density at radius 1 is 1.28 bits per heavy atom. The summed E-state index contributed by atoms with van der Waals surface area (Å²) in [5.74, 6) is -0.281. The van der Waals surface area contributed by atoms with E-state index in [-0.39, 0.29) is 11.9 Å². The molecule has 0 unspecified atom stereocenters. The first kappa shape index (κ1) is 14.9. The lowest BCUT2D eigenvalue weighted by molar-refractivity contribution is 0.583. The summed E-state index contributed by atoms with van der Waals surface area (Å²) in [4.78, 5) is 2.01. The molecule has 0 atom stereocenters. The van der Waals surface area contributed by atoms with E-state index in [0.29, 0.717) is 13.1 Å². The number of nitrogens with zero attached hydrogens (tertiary/aromatic N) is 1. The number of hydrogen-bond donors (Lipinski definition) is 1. The predicted molar refractivity (Wildman–Crippen MR) is 71.7 cm³/mol. The molecule has 1 aromatic carbocycles. The summed E-state index contributed by atoms with van der Waals surface area (Å²) in [7, 11) is -3.17. The van der Waals surface area contributed by atoms with Gasteiger partial charge >= 0.3 is 0 Å². The number of halogens is 1. The van der Waals surface area contributed by atoms with E-state index in [4.69, 9.17) is 0 Å². The molecule has 0 aliphatic rings. The molecule has 0 spiro atoms. The molecule has 0 radical (unpaired) electrons. The van der Waals surface area contributed by atoms with E-state index in [0.717, 1.165) is 11.9 Å². The molecule has 1 rings (SSSR count). The van der Waals surface area contributed by atoms with Gasteiger partial charge in [0.2, 0.25) is 10.0 Å². The summed E-state index contributed by atoms with van der Waals surface area (Å²) in [6, 6.07) is 6.38. The topological polar surface area (TPSA) is 49.4 Å². The molecule has 0 saturated carbocycles. The average molecular weight is 274 g/mol. The van der Waals surface area contributed by atoms with Gasteiger partial charge in [-0.05, 0) is 38.1 Å². The fourth-order valence-corrected chi connectivity index (χ4v) is 2.13. The molecule has 0 aromatic heterocycles. The summed E-state index contributed by atoms with van der Waals surface area (Å²) in [6.45, 7) is 4.87. The van der Waals surface area contributed by atoms with Crippen LogP contribution >= 0.6 is 0 Å². The van der Waals surface area contributed by atoms with Gasteiger partial charge in [0.1, 0.15) is 5.82 Å². The molecule has 18 heavy (non-hydrogen) atoms. The van der Waals surface area contributed by atoms with Gasteiger partial charge in [-0.1, -0.05) is 0 Å². The molecular weight excluding hydrogens is 255 g/mol. The molecule has 1 aromatic rings. The Morgan fingerprint density at radius 2 is 1.83 bits per heavy atom. The molecule has 0 amide bonds. The lowest BCUT2D eigenvalue weighted by Gasteiger charge is -2.29. The maximum atomic E-state index is 12.8. The molecule has 0 aliphatic heterocycles. The second kappa shape index (κ2) is 6.15. The van der Waals surface area contributed by atoms with Crippen molar-refractivity contribution in [3.05, 3.63) is 30.1 Å². The van der Waals surface area contributed by atoms with Gasteiger partial charge in [0.25, 0.3) is 0 Å². The van der Waals surface area contributed by atoms with Gasteiger partial charge in [0, 0.05) is 24.8 Å². The molecular formula is C12H19FN2O2S. The predicted octanol–water partition coefficient (Wildman–Crippen LogP) is 1.59. The number of nitrogens with one attached hydrogen (secondary N) is 1. The monoisotopic (exact) mass is 274 g/mol. The molecule has 4 nitrogen and oxygen atoms in total. The van der Waals surface area contributed by atoms with Gasteiger partial charge in [-0.3, -0.25) is 0 Å². The molecule has 0 fully saturated rings. The highest BCUT2D eigenvalue weighted by molar-refractivity contribution is 7.88. The Kier molecular flexibility index (Phi) is 5.10. The van der Waals surface area contributed by atoms with Crippen molar-refractivity contribution in [2.45, 2.75) is 19.9 Å². The Hall–Kier alpha value is -1.14. The fourth-order valence-electron chi connectivity index (χ4n) is 1.67. The zero-order chi connectivity index (χ0) is 13.8. The molecule has 0 heterocycles. The fraction of sp³-hybridized carbons (Fsp3) is 0.500. The van der Waals surface area contributed by atoms with Crippen molar-refractivity contribution >= 4 is 15.7 Å². The first-order valence-electron chi connectivity index (χ1n) is 5.76. The molecule has 0 saturated heterocycles. The second-order valence-electron chi connectivity index (χ2n) is 4.43. The van der Waals surface area contributed by atoms with Crippen LogP contribution in [0.5, 0.6) is 0 Å². The largest absolute Gasteiger partial charge is 0.368 e. The van der Waals surface area contributed by atoms with Crippen molar-refractivity contribution in [3.63, 3.8) is 0 Å². The summed E-state index contributed by atoms with van der Waals surface area (Å²) in [6.07, 6.45) is 1.13. The molecule has 6 heteroatoms. The maximum Gasteiger partial charge on any atom is 0.208 e. The highest BCUT2D eigenvalue weighted by atomic mass is 32.2. The van der Waals surface area contributed by atoms with Gasteiger partial charge in [-0.15, -0.1) is 0 Å². The van der Waals surface area contributed by atoms with Crippen LogP contribution in [0.25, 0.3) is 0 Å². The third kappa shape index (κ3) is 5.01. The second-order valence-corrected chi connectivity index (χ2v) is 6.26. The van der Waals surface area contributed by atoms with E-state index in [1.807, 2.05) is 18.7 Å². The summed E-state index contributed by atoms with van der Waals surface area (Å²) < 4.78 is 37.3. The lowest BCUT2D eigenvalue weighted by Crippen LogP contribution is -2.38. The van der Waals surface area contributed by atoms with E-state index in [2.05, 4.69) is 4.72 Å². The number of rotatable bonds is 6. The molecule has 1 N–H and O–H groups in total. The van der Waals surface area contributed by atoms with Crippen LogP contribution in [-0.2, 0) is 10.0 Å². The Morgan fingerprint density at radius 3 is 2.28 bits per heavy atom.